The molecule has 2 heterocycles. The van der Waals surface area contributed by atoms with Gasteiger partial charge in [-0.25, -0.2) is 0 Å². The Morgan fingerprint density at radius 2 is 2.31 bits per heavy atom. The third-order valence-corrected chi connectivity index (χ3v) is 4.04. The second-order valence-corrected chi connectivity index (χ2v) is 5.06. The van der Waals surface area contributed by atoms with E-state index >= 15 is 0 Å². The molecule has 2 fully saturated rings. The third kappa shape index (κ3) is 1.83. The van der Waals surface area contributed by atoms with E-state index in [9.17, 15) is 4.79 Å². The SMILES string of the molecule is NCC1CN(C(=O)C2CCSC2)C1. The van der Waals surface area contributed by atoms with E-state index in [4.69, 9.17) is 5.73 Å². The van der Waals surface area contributed by atoms with Gasteiger partial charge < -0.3 is 10.6 Å². The highest BCUT2D eigenvalue weighted by atomic mass is 32.2. The van der Waals surface area contributed by atoms with Crippen LogP contribution in [0.4, 0.5) is 0 Å². The predicted molar refractivity (Wildman–Crippen MR) is 54.6 cm³/mol. The summed E-state index contributed by atoms with van der Waals surface area (Å²) < 4.78 is 0. The minimum Gasteiger partial charge on any atom is -0.342 e. The number of rotatable bonds is 2. The Labute approximate surface area is 83.0 Å². The molecule has 2 aliphatic rings. The van der Waals surface area contributed by atoms with Crippen molar-refractivity contribution in [1.82, 2.24) is 4.90 Å². The summed E-state index contributed by atoms with van der Waals surface area (Å²) in [5.41, 5.74) is 5.51. The molecule has 0 saturated carbocycles. The Hall–Kier alpha value is -0.220. The quantitative estimate of drug-likeness (QED) is 0.690. The van der Waals surface area contributed by atoms with Gasteiger partial charge in [0.05, 0.1) is 0 Å². The largest absolute Gasteiger partial charge is 0.342 e. The number of nitrogens with two attached hydrogens (primary N) is 1. The average molecular weight is 200 g/mol. The molecule has 0 aliphatic carbocycles. The van der Waals surface area contributed by atoms with Crippen LogP contribution in [0.3, 0.4) is 0 Å². The lowest BCUT2D eigenvalue weighted by molar-refractivity contribution is -0.140. The Morgan fingerprint density at radius 3 is 2.85 bits per heavy atom. The summed E-state index contributed by atoms with van der Waals surface area (Å²) in [5.74, 6) is 3.43. The molecule has 2 aliphatic heterocycles. The second kappa shape index (κ2) is 3.88. The van der Waals surface area contributed by atoms with Gasteiger partial charge in [0.15, 0.2) is 0 Å². The van der Waals surface area contributed by atoms with Crippen molar-refractivity contribution in [2.75, 3.05) is 31.1 Å². The maximum absolute atomic E-state index is 11.8. The number of hydrogen-bond acceptors (Lipinski definition) is 3. The van der Waals surface area contributed by atoms with Gasteiger partial charge in [0.1, 0.15) is 0 Å². The number of hydrogen-bond donors (Lipinski definition) is 1. The number of likely N-dealkylation sites (tertiary alicyclic amines) is 1. The van der Waals surface area contributed by atoms with Crippen LogP contribution in [0.15, 0.2) is 0 Å². The van der Waals surface area contributed by atoms with Crippen molar-refractivity contribution in [2.45, 2.75) is 6.42 Å². The first-order valence-electron chi connectivity index (χ1n) is 4.88. The van der Waals surface area contributed by atoms with E-state index in [1.165, 1.54) is 0 Å². The molecular weight excluding hydrogens is 184 g/mol. The lowest BCUT2D eigenvalue weighted by atomic mass is 9.97. The van der Waals surface area contributed by atoms with Crippen molar-refractivity contribution in [3.63, 3.8) is 0 Å². The predicted octanol–water partition coefficient (Wildman–Crippen LogP) is 0.157. The molecule has 0 bridgehead atoms. The highest BCUT2D eigenvalue weighted by Gasteiger charge is 2.34. The topological polar surface area (TPSA) is 46.3 Å². The van der Waals surface area contributed by atoms with Crippen LogP contribution in [0.5, 0.6) is 0 Å². The highest BCUT2D eigenvalue weighted by Crippen LogP contribution is 2.27. The Kier molecular flexibility index (Phi) is 2.79. The van der Waals surface area contributed by atoms with Crippen molar-refractivity contribution in [2.24, 2.45) is 17.6 Å². The normalized spacial score (nSPS) is 29.0. The molecule has 1 unspecified atom stereocenters. The first-order chi connectivity index (χ1) is 6.31. The van der Waals surface area contributed by atoms with Crippen LogP contribution in [0.2, 0.25) is 0 Å². The molecule has 0 radical (unpaired) electrons. The van der Waals surface area contributed by atoms with Gasteiger partial charge in [0.25, 0.3) is 0 Å². The number of carbonyl (C=O) groups excluding carboxylic acids is 1. The van der Waals surface area contributed by atoms with Gasteiger partial charge in [0, 0.05) is 30.7 Å². The summed E-state index contributed by atoms with van der Waals surface area (Å²) >= 11 is 1.90. The van der Waals surface area contributed by atoms with Crippen molar-refractivity contribution in [1.29, 1.82) is 0 Å². The molecule has 1 amide bonds. The summed E-state index contributed by atoms with van der Waals surface area (Å²) in [6, 6.07) is 0. The van der Waals surface area contributed by atoms with E-state index in [0.717, 1.165) is 37.6 Å². The maximum atomic E-state index is 11.8. The van der Waals surface area contributed by atoms with Crippen LogP contribution in [-0.2, 0) is 4.79 Å². The molecule has 0 aromatic rings. The molecule has 1 atom stereocenters. The van der Waals surface area contributed by atoms with Crippen LogP contribution in [0.1, 0.15) is 6.42 Å². The summed E-state index contributed by atoms with van der Waals surface area (Å²) in [4.78, 5) is 13.7. The highest BCUT2D eigenvalue weighted by molar-refractivity contribution is 7.99. The molecule has 2 rings (SSSR count). The molecule has 2 saturated heterocycles. The third-order valence-electron chi connectivity index (χ3n) is 2.88. The standard InChI is InChI=1S/C9H16N2OS/c10-3-7-4-11(5-7)9(12)8-1-2-13-6-8/h7-8H,1-6,10H2. The molecule has 74 valence electrons. The molecule has 0 aromatic carbocycles. The smallest absolute Gasteiger partial charge is 0.226 e. The van der Waals surface area contributed by atoms with Gasteiger partial charge in [-0.15, -0.1) is 0 Å². The van der Waals surface area contributed by atoms with Crippen LogP contribution >= 0.6 is 11.8 Å². The van der Waals surface area contributed by atoms with Gasteiger partial charge in [-0.2, -0.15) is 11.8 Å². The molecule has 2 N–H and O–H groups in total. The summed E-state index contributed by atoms with van der Waals surface area (Å²) in [5, 5.41) is 0. The van der Waals surface area contributed by atoms with Crippen LogP contribution in [-0.4, -0.2) is 41.9 Å². The fourth-order valence-electron chi connectivity index (χ4n) is 1.89. The molecular formula is C9H16N2OS. The maximum Gasteiger partial charge on any atom is 0.226 e. The average Bonchev–Trinajstić information content (AvgIpc) is 2.53. The van der Waals surface area contributed by atoms with E-state index in [0.29, 0.717) is 17.7 Å². The molecule has 0 spiro atoms. The fourth-order valence-corrected chi connectivity index (χ4v) is 3.10. The van der Waals surface area contributed by atoms with Crippen molar-refractivity contribution in [3.05, 3.63) is 0 Å². The lowest BCUT2D eigenvalue weighted by Crippen LogP contribution is -2.54. The minimum absolute atomic E-state index is 0.309. The van der Waals surface area contributed by atoms with Crippen LogP contribution in [0.25, 0.3) is 0 Å². The van der Waals surface area contributed by atoms with Crippen molar-refractivity contribution >= 4 is 17.7 Å². The molecule has 0 aromatic heterocycles. The lowest BCUT2D eigenvalue weighted by Gasteiger charge is -2.40. The zero-order valence-electron chi connectivity index (χ0n) is 7.74. The van der Waals surface area contributed by atoms with Crippen molar-refractivity contribution in [3.8, 4) is 0 Å². The van der Waals surface area contributed by atoms with E-state index < -0.39 is 0 Å². The number of thioether (sulfide) groups is 1. The van der Waals surface area contributed by atoms with Gasteiger partial charge in [-0.1, -0.05) is 0 Å². The van der Waals surface area contributed by atoms with Gasteiger partial charge >= 0.3 is 0 Å². The molecule has 4 heteroatoms. The zero-order valence-corrected chi connectivity index (χ0v) is 8.55. The Bertz CT molecular complexity index is 198. The van der Waals surface area contributed by atoms with E-state index in [1.807, 2.05) is 16.7 Å². The minimum atomic E-state index is 0.309. The summed E-state index contributed by atoms with van der Waals surface area (Å²) in [6.07, 6.45) is 1.08. The first kappa shape index (κ1) is 9.34. The number of carbonyl (C=O) groups is 1. The van der Waals surface area contributed by atoms with Crippen LogP contribution < -0.4 is 5.73 Å². The second-order valence-electron chi connectivity index (χ2n) is 3.91. The molecule has 13 heavy (non-hydrogen) atoms. The number of amides is 1. The van der Waals surface area contributed by atoms with Crippen molar-refractivity contribution < 1.29 is 4.79 Å². The number of nitrogens with zero attached hydrogens (tertiary/aromatic N) is 1. The van der Waals surface area contributed by atoms with Gasteiger partial charge in [0.2, 0.25) is 5.91 Å². The summed E-state index contributed by atoms with van der Waals surface area (Å²) in [7, 11) is 0. The van der Waals surface area contributed by atoms with Crippen LogP contribution in [0, 0.1) is 11.8 Å². The Balaban J connectivity index is 1.78. The monoisotopic (exact) mass is 200 g/mol. The van der Waals surface area contributed by atoms with Gasteiger partial charge in [-0.3, -0.25) is 4.79 Å². The summed E-state index contributed by atoms with van der Waals surface area (Å²) in [6.45, 7) is 2.52. The molecule has 3 nitrogen and oxygen atoms in total. The zero-order chi connectivity index (χ0) is 9.26. The fraction of sp³-hybridized carbons (Fsp3) is 0.889. The van der Waals surface area contributed by atoms with E-state index in [2.05, 4.69) is 0 Å². The van der Waals surface area contributed by atoms with E-state index in [1.54, 1.807) is 0 Å². The van der Waals surface area contributed by atoms with Gasteiger partial charge in [-0.05, 0) is 18.7 Å². The van der Waals surface area contributed by atoms with E-state index in [-0.39, 0.29) is 0 Å². The Morgan fingerprint density at radius 1 is 1.54 bits per heavy atom. The first-order valence-corrected chi connectivity index (χ1v) is 6.03.